The summed E-state index contributed by atoms with van der Waals surface area (Å²) in [5, 5.41) is 0.588. The van der Waals surface area contributed by atoms with Gasteiger partial charge in [-0.2, -0.15) is 0 Å². The van der Waals surface area contributed by atoms with Crippen LogP contribution < -0.4 is 28.7 Å². The monoisotopic (exact) mass is 1020 g/mol. The van der Waals surface area contributed by atoms with Crippen LogP contribution in [0.2, 0.25) is 0 Å². The summed E-state index contributed by atoms with van der Waals surface area (Å²) in [7, 11) is 4.95. The Hall–Kier alpha value is -6.85. The quantitative estimate of drug-likeness (QED) is 0.0436. The number of anilines is 2. The number of carbonyl (C=O) groups excluding carboxylic acids is 5. The first-order chi connectivity index (χ1) is 35.3. The molecule has 17 heteroatoms. The van der Waals surface area contributed by atoms with Crippen molar-refractivity contribution in [2.45, 2.75) is 115 Å². The Morgan fingerprint density at radius 1 is 0.740 bits per heavy atom. The largest absolute Gasteiger partial charge is 0.493 e. The molecule has 5 aliphatic rings. The second-order valence-corrected chi connectivity index (χ2v) is 22.6. The summed E-state index contributed by atoms with van der Waals surface area (Å²) in [6.07, 6.45) is 7.37. The highest BCUT2D eigenvalue weighted by Crippen LogP contribution is 2.43. The maximum atomic E-state index is 14.1. The number of aliphatic imine (C=N–C) groups is 1. The number of hydroxylamine groups is 2. The number of ether oxygens (including phenoxy) is 4. The summed E-state index contributed by atoms with van der Waals surface area (Å²) in [6, 6.07) is 27.1. The molecule has 0 aliphatic carbocycles. The number of para-hydroxylation sites is 2. The maximum absolute atomic E-state index is 14.1. The molecule has 1 unspecified atom stereocenters. The lowest BCUT2D eigenvalue weighted by molar-refractivity contribution is -0.197. The minimum atomic E-state index is -0.589. The van der Waals surface area contributed by atoms with Gasteiger partial charge in [-0.15, -0.1) is 5.06 Å². The number of nitrogens with zero attached hydrogens (tertiary/aromatic N) is 5. The van der Waals surface area contributed by atoms with E-state index >= 15 is 0 Å². The predicted octanol–water partition coefficient (Wildman–Crippen LogP) is 10.1. The molecule has 15 nitrogen and oxygen atoms in total. The van der Waals surface area contributed by atoms with Gasteiger partial charge in [0.2, 0.25) is 0 Å². The highest BCUT2D eigenvalue weighted by molar-refractivity contribution is 8.77. The second-order valence-electron chi connectivity index (χ2n) is 19.5. The molecule has 10 rings (SSSR count). The summed E-state index contributed by atoms with van der Waals surface area (Å²) < 4.78 is 25.1. The highest BCUT2D eigenvalue weighted by Gasteiger charge is 2.39. The van der Waals surface area contributed by atoms with Gasteiger partial charge in [0.25, 0.3) is 23.6 Å². The van der Waals surface area contributed by atoms with Gasteiger partial charge in [0.15, 0.2) is 11.5 Å². The van der Waals surface area contributed by atoms with Crippen molar-refractivity contribution in [2.75, 3.05) is 29.3 Å². The number of amides is 4. The van der Waals surface area contributed by atoms with E-state index < -0.39 is 17.8 Å². The van der Waals surface area contributed by atoms with Gasteiger partial charge in [-0.05, 0) is 112 Å². The van der Waals surface area contributed by atoms with Crippen molar-refractivity contribution in [1.29, 1.82) is 0 Å². The Morgan fingerprint density at radius 3 is 2.16 bits per heavy atom. The molecule has 1 fully saturated rings. The van der Waals surface area contributed by atoms with E-state index in [4.69, 9.17) is 33.8 Å². The third-order valence-corrected chi connectivity index (χ3v) is 17.2. The van der Waals surface area contributed by atoms with Crippen LogP contribution in [0.3, 0.4) is 0 Å². The molecule has 1 aromatic heterocycles. The Labute approximate surface area is 432 Å². The van der Waals surface area contributed by atoms with Crippen LogP contribution in [0.1, 0.15) is 113 Å². The first-order valence-electron chi connectivity index (χ1n) is 24.8. The molecule has 0 saturated carbocycles. The van der Waals surface area contributed by atoms with Crippen molar-refractivity contribution in [3.8, 4) is 23.0 Å². The normalized spacial score (nSPS) is 17.6. The molecule has 2 atom stereocenters. The van der Waals surface area contributed by atoms with E-state index in [9.17, 15) is 24.0 Å². The van der Waals surface area contributed by atoms with Crippen LogP contribution in [-0.2, 0) is 51.7 Å². The van der Waals surface area contributed by atoms with Crippen LogP contribution in [0, 0.1) is 6.92 Å². The number of rotatable bonds is 19. The Kier molecular flexibility index (Phi) is 14.5. The number of imide groups is 1. The smallest absolute Gasteiger partial charge is 0.333 e. The zero-order valence-corrected chi connectivity index (χ0v) is 43.0. The molecule has 73 heavy (non-hydrogen) atoms. The molecule has 4 amide bonds. The minimum absolute atomic E-state index is 0.0254. The molecule has 4 aromatic carbocycles. The van der Waals surface area contributed by atoms with Crippen molar-refractivity contribution in [3.63, 3.8) is 0 Å². The summed E-state index contributed by atoms with van der Waals surface area (Å²) in [5.41, 5.74) is 8.85. The molecule has 0 radical (unpaired) electrons. The summed E-state index contributed by atoms with van der Waals surface area (Å²) in [4.78, 5) is 82.4. The van der Waals surface area contributed by atoms with E-state index in [0.29, 0.717) is 81.5 Å². The maximum Gasteiger partial charge on any atom is 0.333 e. The minimum Gasteiger partial charge on any atom is -0.493 e. The lowest BCUT2D eigenvalue weighted by atomic mass is 9.98. The van der Waals surface area contributed by atoms with Crippen LogP contribution in [0.4, 0.5) is 17.1 Å². The van der Waals surface area contributed by atoms with Crippen molar-refractivity contribution in [3.05, 3.63) is 130 Å². The van der Waals surface area contributed by atoms with E-state index in [1.807, 2.05) is 84.8 Å². The lowest BCUT2D eigenvalue weighted by Crippen LogP contribution is -2.37. The van der Waals surface area contributed by atoms with Crippen molar-refractivity contribution in [1.82, 2.24) is 10.0 Å². The number of hydrogen-bond donors (Lipinski definition) is 0. The van der Waals surface area contributed by atoms with E-state index in [-0.39, 0.29) is 61.1 Å². The summed E-state index contributed by atoms with van der Waals surface area (Å²) in [5.74, 6) is 1.09. The predicted molar refractivity (Wildman–Crippen MR) is 280 cm³/mol. The number of pyridine rings is 1. The number of carbonyl (C=O) groups is 5. The fourth-order valence-corrected chi connectivity index (χ4v) is 12.8. The average Bonchev–Trinajstić information content (AvgIpc) is 4.00. The van der Waals surface area contributed by atoms with E-state index in [1.165, 1.54) is 5.56 Å². The molecule has 5 aromatic rings. The Balaban J connectivity index is 0.809. The highest BCUT2D eigenvalue weighted by atomic mass is 33.1. The third-order valence-electron chi connectivity index (χ3n) is 13.7. The fourth-order valence-electron chi connectivity index (χ4n) is 10.1. The number of methoxy groups -OCH3 is 1. The van der Waals surface area contributed by atoms with Crippen molar-refractivity contribution < 1.29 is 47.8 Å². The molecule has 0 bridgehead atoms. The number of fused-ring (bicyclic) bond motifs is 8. The van der Waals surface area contributed by atoms with E-state index in [1.54, 1.807) is 45.7 Å². The van der Waals surface area contributed by atoms with Crippen LogP contribution in [0.25, 0.3) is 0 Å². The van der Waals surface area contributed by atoms with Crippen LogP contribution in [0.5, 0.6) is 23.0 Å². The zero-order chi connectivity index (χ0) is 50.8. The molecule has 1 saturated heterocycles. The van der Waals surface area contributed by atoms with Crippen LogP contribution in [0.15, 0.2) is 89.9 Å². The van der Waals surface area contributed by atoms with E-state index in [0.717, 1.165) is 60.2 Å². The van der Waals surface area contributed by atoms with Crippen molar-refractivity contribution >= 4 is 74.5 Å². The summed E-state index contributed by atoms with van der Waals surface area (Å²) in [6.45, 7) is 6.92. The van der Waals surface area contributed by atoms with Gasteiger partial charge >= 0.3 is 5.97 Å². The van der Waals surface area contributed by atoms with Gasteiger partial charge < -0.3 is 28.7 Å². The SMILES string of the molecule is COc1cc2c(cc1OCc1cc(OCCCC(C)(C)SSCCCC(=O)ON3C(=O)CCC3=O)cc(COc3cc4c(cc3C)C(=O)N3c5ccccc5CC3CC4)n1)N=C[C@@H]1Cc3ccccc3N1C2=O. The fraction of sp³-hybridized carbons (Fsp3) is 0.375. The molecule has 0 N–H and O–H groups in total. The topological polar surface area (TPSA) is 166 Å². The molecule has 0 spiro atoms. The van der Waals surface area contributed by atoms with Gasteiger partial charge in [0.1, 0.15) is 24.7 Å². The first-order valence-corrected chi connectivity index (χ1v) is 27.1. The molecular weight excluding hydrogens is 967 g/mol. The molecule has 378 valence electrons. The molecular formula is C56H57N5O10S2. The van der Waals surface area contributed by atoms with Gasteiger partial charge in [-0.1, -0.05) is 58.0 Å². The van der Waals surface area contributed by atoms with E-state index in [2.05, 4.69) is 19.9 Å². The average molecular weight is 1020 g/mol. The zero-order valence-electron chi connectivity index (χ0n) is 41.3. The second kappa shape index (κ2) is 21.3. The number of aryl methyl sites for hydroxylation is 2. The Morgan fingerprint density at radius 2 is 1.42 bits per heavy atom. The number of hydrogen-bond acceptors (Lipinski definition) is 14. The Bertz CT molecular complexity index is 3020. The van der Waals surface area contributed by atoms with Crippen LogP contribution >= 0.6 is 21.6 Å². The lowest BCUT2D eigenvalue weighted by Gasteiger charge is -2.23. The van der Waals surface area contributed by atoms with Gasteiger partial charge in [0.05, 0.1) is 42.4 Å². The third kappa shape index (κ3) is 10.8. The number of aromatic nitrogens is 1. The van der Waals surface area contributed by atoms with Crippen molar-refractivity contribution in [2.24, 2.45) is 4.99 Å². The molecule has 6 heterocycles. The standard InChI is InChI=1S/C56H57N5O10S2/c1-34-23-43-35(16-17-40-24-36-11-5-7-13-46(36)59(40)54(43)65)26-48(34)69-32-38-27-42(68-21-10-20-56(2,3)73-72-22-9-15-53(64)71-61-51(62)18-19-52(61)63)28-39(58-38)33-70-50-30-45-44(29-49(50)67-4)55(66)60-41(31-57-45)25-37-12-6-8-14-47(37)60/h5-8,11-14,23,26-31,40-41H,9-10,15-22,24-25,32-33H2,1-4H3/t40?,41-/m0/s1. The number of benzene rings is 4. The van der Waals surface area contributed by atoms with Gasteiger partial charge in [0, 0.05) is 83.6 Å². The van der Waals surface area contributed by atoms with Crippen LogP contribution in [-0.4, -0.2) is 82.2 Å². The molecule has 5 aliphatic heterocycles. The van der Waals surface area contributed by atoms with Gasteiger partial charge in [-0.25, -0.2) is 4.79 Å². The summed E-state index contributed by atoms with van der Waals surface area (Å²) >= 11 is 0. The first kappa shape index (κ1) is 49.7. The van der Waals surface area contributed by atoms with Gasteiger partial charge in [-0.3, -0.25) is 34.1 Å².